The second-order valence-corrected chi connectivity index (χ2v) is 4.99. The van der Waals surface area contributed by atoms with Crippen molar-refractivity contribution in [3.8, 4) is 0 Å². The van der Waals surface area contributed by atoms with Crippen LogP contribution in [0.15, 0.2) is 40.9 Å². The zero-order valence-electron chi connectivity index (χ0n) is 9.95. The highest BCUT2D eigenvalue weighted by Gasteiger charge is 2.19. The molecule has 0 bridgehead atoms. The van der Waals surface area contributed by atoms with E-state index in [1.165, 1.54) is 0 Å². The molecule has 0 aliphatic carbocycles. The summed E-state index contributed by atoms with van der Waals surface area (Å²) < 4.78 is 0.966. The Morgan fingerprint density at radius 1 is 1.47 bits per heavy atom. The van der Waals surface area contributed by atoms with Gasteiger partial charge in [0.25, 0.3) is 0 Å². The van der Waals surface area contributed by atoms with Crippen LogP contribution in [0.5, 0.6) is 0 Å². The number of carbonyl (C=O) groups is 1. The van der Waals surface area contributed by atoms with E-state index in [1.54, 1.807) is 0 Å². The summed E-state index contributed by atoms with van der Waals surface area (Å²) in [5.41, 5.74) is 2.02. The van der Waals surface area contributed by atoms with Crippen LogP contribution >= 0.6 is 15.9 Å². The van der Waals surface area contributed by atoms with Crippen molar-refractivity contribution in [3.05, 3.63) is 46.5 Å². The molecule has 1 N–H and O–H groups in total. The van der Waals surface area contributed by atoms with E-state index >= 15 is 0 Å². The van der Waals surface area contributed by atoms with E-state index in [9.17, 15) is 9.90 Å². The molecule has 17 heavy (non-hydrogen) atoms. The summed E-state index contributed by atoms with van der Waals surface area (Å²) in [4.78, 5) is 11.2. The van der Waals surface area contributed by atoms with Crippen molar-refractivity contribution < 1.29 is 9.90 Å². The fraction of sp³-hybridized carbons (Fsp3) is 0.357. The van der Waals surface area contributed by atoms with Crippen LogP contribution in [-0.4, -0.2) is 11.1 Å². The Morgan fingerprint density at radius 2 is 2.12 bits per heavy atom. The fourth-order valence-corrected chi connectivity index (χ4v) is 2.12. The quantitative estimate of drug-likeness (QED) is 0.804. The van der Waals surface area contributed by atoms with E-state index in [4.69, 9.17) is 0 Å². The van der Waals surface area contributed by atoms with Gasteiger partial charge in [0.05, 0.1) is 5.92 Å². The molecule has 0 aromatic heterocycles. The lowest BCUT2D eigenvalue weighted by molar-refractivity contribution is -0.141. The Balaban J connectivity index is 2.77. The van der Waals surface area contributed by atoms with Crippen molar-refractivity contribution in [2.75, 3.05) is 0 Å². The normalized spacial score (nSPS) is 12.1. The summed E-state index contributed by atoms with van der Waals surface area (Å²) in [7, 11) is 0. The first-order valence-electron chi connectivity index (χ1n) is 5.67. The van der Waals surface area contributed by atoms with Crippen LogP contribution in [-0.2, 0) is 11.2 Å². The van der Waals surface area contributed by atoms with Crippen molar-refractivity contribution in [2.24, 2.45) is 5.92 Å². The number of carboxylic acid groups (broad SMARTS) is 1. The second kappa shape index (κ2) is 6.60. The minimum absolute atomic E-state index is 0.388. The van der Waals surface area contributed by atoms with Crippen molar-refractivity contribution in [1.82, 2.24) is 0 Å². The van der Waals surface area contributed by atoms with Gasteiger partial charge in [-0.3, -0.25) is 4.79 Å². The molecule has 0 aliphatic heterocycles. The number of aliphatic carboxylic acids is 1. The smallest absolute Gasteiger partial charge is 0.307 e. The van der Waals surface area contributed by atoms with E-state index in [1.807, 2.05) is 31.2 Å². The van der Waals surface area contributed by atoms with Gasteiger partial charge in [-0.15, -0.1) is 0 Å². The molecule has 0 saturated heterocycles. The highest BCUT2D eigenvalue weighted by molar-refractivity contribution is 9.10. The van der Waals surface area contributed by atoms with Crippen molar-refractivity contribution in [2.45, 2.75) is 26.2 Å². The molecule has 1 atom stereocenters. The molecule has 1 rings (SSSR count). The number of hydrogen-bond acceptors (Lipinski definition) is 1. The molecule has 2 nitrogen and oxygen atoms in total. The van der Waals surface area contributed by atoms with Crippen LogP contribution in [0, 0.1) is 5.92 Å². The summed E-state index contributed by atoms with van der Waals surface area (Å²) >= 11 is 3.44. The third-order valence-electron chi connectivity index (χ3n) is 2.81. The second-order valence-electron chi connectivity index (χ2n) is 4.14. The zero-order valence-corrected chi connectivity index (χ0v) is 11.5. The first kappa shape index (κ1) is 14.0. The van der Waals surface area contributed by atoms with Gasteiger partial charge in [-0.05, 0) is 30.9 Å². The third-order valence-corrected chi connectivity index (χ3v) is 3.58. The number of carboxylic acids is 1. The van der Waals surface area contributed by atoms with Gasteiger partial charge in [-0.25, -0.2) is 0 Å². The van der Waals surface area contributed by atoms with E-state index < -0.39 is 5.97 Å². The van der Waals surface area contributed by atoms with Crippen LogP contribution in [0.1, 0.15) is 25.3 Å². The van der Waals surface area contributed by atoms with Gasteiger partial charge in [0, 0.05) is 4.47 Å². The number of rotatable bonds is 6. The lowest BCUT2D eigenvalue weighted by atomic mass is 9.92. The first-order valence-corrected chi connectivity index (χ1v) is 6.46. The van der Waals surface area contributed by atoms with Gasteiger partial charge in [0.2, 0.25) is 0 Å². The first-order chi connectivity index (χ1) is 8.04. The van der Waals surface area contributed by atoms with Gasteiger partial charge in [-0.2, -0.15) is 0 Å². The van der Waals surface area contributed by atoms with Crippen LogP contribution in [0.2, 0.25) is 0 Å². The zero-order chi connectivity index (χ0) is 12.8. The van der Waals surface area contributed by atoms with Gasteiger partial charge >= 0.3 is 5.97 Å². The molecule has 0 heterocycles. The summed E-state index contributed by atoms with van der Waals surface area (Å²) in [5, 5.41) is 9.21. The third kappa shape index (κ3) is 4.35. The predicted octanol–water partition coefficient (Wildman–Crippen LogP) is 4.05. The summed E-state index contributed by atoms with van der Waals surface area (Å²) in [5.74, 6) is -1.14. The average Bonchev–Trinajstić information content (AvgIpc) is 2.30. The Bertz CT molecular complexity index is 412. The number of allylic oxidation sites excluding steroid dienone is 1. The molecular weight excluding hydrogens is 280 g/mol. The highest BCUT2D eigenvalue weighted by Crippen LogP contribution is 2.23. The maximum absolute atomic E-state index is 11.2. The molecule has 1 aromatic rings. The maximum Gasteiger partial charge on any atom is 0.307 e. The molecular formula is C14H17BrO2. The van der Waals surface area contributed by atoms with Crippen molar-refractivity contribution in [1.29, 1.82) is 0 Å². The van der Waals surface area contributed by atoms with E-state index in [0.29, 0.717) is 12.8 Å². The fourth-order valence-electron chi connectivity index (χ4n) is 1.67. The molecule has 0 saturated carbocycles. The highest BCUT2D eigenvalue weighted by atomic mass is 79.9. The summed E-state index contributed by atoms with van der Waals surface area (Å²) in [6.45, 7) is 5.88. The largest absolute Gasteiger partial charge is 0.481 e. The Hall–Kier alpha value is -1.09. The average molecular weight is 297 g/mol. The minimum Gasteiger partial charge on any atom is -0.481 e. The Labute approximate surface area is 110 Å². The van der Waals surface area contributed by atoms with E-state index in [-0.39, 0.29) is 5.92 Å². The molecule has 92 valence electrons. The predicted molar refractivity (Wildman–Crippen MR) is 73.0 cm³/mol. The molecule has 3 heteroatoms. The van der Waals surface area contributed by atoms with Crippen molar-refractivity contribution >= 4 is 21.9 Å². The number of halogens is 1. The van der Waals surface area contributed by atoms with E-state index in [2.05, 4.69) is 22.5 Å². The summed E-state index contributed by atoms with van der Waals surface area (Å²) in [6.07, 6.45) is 1.92. The van der Waals surface area contributed by atoms with Crippen LogP contribution in [0.25, 0.3) is 0 Å². The molecule has 0 aliphatic rings. The van der Waals surface area contributed by atoms with E-state index in [0.717, 1.165) is 22.0 Å². The molecule has 0 radical (unpaired) electrons. The topological polar surface area (TPSA) is 37.3 Å². The molecule has 0 fully saturated rings. The van der Waals surface area contributed by atoms with Crippen LogP contribution in [0.3, 0.4) is 0 Å². The van der Waals surface area contributed by atoms with Crippen LogP contribution < -0.4 is 0 Å². The number of benzene rings is 1. The molecule has 1 unspecified atom stereocenters. The van der Waals surface area contributed by atoms with Gasteiger partial charge in [-0.1, -0.05) is 53.2 Å². The maximum atomic E-state index is 11.2. The lowest BCUT2D eigenvalue weighted by Crippen LogP contribution is -2.17. The number of hydrogen-bond donors (Lipinski definition) is 1. The van der Waals surface area contributed by atoms with Gasteiger partial charge in [0.1, 0.15) is 0 Å². The van der Waals surface area contributed by atoms with Crippen LogP contribution in [0.4, 0.5) is 0 Å². The van der Waals surface area contributed by atoms with Gasteiger partial charge in [0.15, 0.2) is 0 Å². The molecule has 1 aromatic carbocycles. The minimum atomic E-state index is -0.754. The monoisotopic (exact) mass is 296 g/mol. The summed E-state index contributed by atoms with van der Waals surface area (Å²) in [6, 6.07) is 7.74. The molecule has 0 amide bonds. The Morgan fingerprint density at radius 3 is 2.65 bits per heavy atom. The SMILES string of the molecule is C=C(CC)CC(Cc1ccccc1Br)C(=O)O. The van der Waals surface area contributed by atoms with Crippen molar-refractivity contribution in [3.63, 3.8) is 0 Å². The standard InChI is InChI=1S/C14H17BrO2/c1-3-10(2)8-12(14(16)17)9-11-6-4-5-7-13(11)15/h4-7,12H,2-3,8-9H2,1H3,(H,16,17). The molecule has 0 spiro atoms. The van der Waals surface area contributed by atoms with Gasteiger partial charge < -0.3 is 5.11 Å². The lowest BCUT2D eigenvalue weighted by Gasteiger charge is -2.14. The Kier molecular flexibility index (Phi) is 5.42.